The summed E-state index contributed by atoms with van der Waals surface area (Å²) in [5.41, 5.74) is -0.382. The molecular formula is C22H35NO6. The summed E-state index contributed by atoms with van der Waals surface area (Å²) in [7, 11) is 1.67. The molecule has 0 bridgehead atoms. The molecule has 0 saturated carbocycles. The summed E-state index contributed by atoms with van der Waals surface area (Å²) in [5, 5.41) is 21.7. The van der Waals surface area contributed by atoms with Crippen LogP contribution in [0.5, 0.6) is 0 Å². The van der Waals surface area contributed by atoms with Crippen molar-refractivity contribution in [2.45, 2.75) is 58.0 Å². The minimum atomic E-state index is -1.40. The van der Waals surface area contributed by atoms with Crippen LogP contribution in [0.3, 0.4) is 0 Å². The van der Waals surface area contributed by atoms with Crippen molar-refractivity contribution in [1.82, 2.24) is 4.90 Å². The maximum absolute atomic E-state index is 12.2. The van der Waals surface area contributed by atoms with Crippen molar-refractivity contribution in [2.75, 3.05) is 33.4 Å². The lowest BCUT2D eigenvalue weighted by molar-refractivity contribution is -0.123. The van der Waals surface area contributed by atoms with E-state index in [1.54, 1.807) is 27.9 Å². The third-order valence-electron chi connectivity index (χ3n) is 4.94. The second kappa shape index (κ2) is 9.89. The van der Waals surface area contributed by atoms with Crippen molar-refractivity contribution >= 4 is 6.09 Å². The highest BCUT2D eigenvalue weighted by atomic mass is 16.6. The molecule has 0 spiro atoms. The minimum absolute atomic E-state index is 0.0215. The zero-order chi connectivity index (χ0) is 21.7. The van der Waals surface area contributed by atoms with Gasteiger partial charge in [0.25, 0.3) is 0 Å². The fraction of sp³-hybridized carbons (Fsp3) is 0.682. The first-order chi connectivity index (χ1) is 13.5. The van der Waals surface area contributed by atoms with Crippen LogP contribution in [0.4, 0.5) is 4.79 Å². The molecule has 2 rings (SSSR count). The van der Waals surface area contributed by atoms with Crippen molar-refractivity contribution in [3.8, 4) is 0 Å². The molecule has 3 atom stereocenters. The second-order valence-corrected chi connectivity index (χ2v) is 8.89. The number of nitrogens with zero attached hydrogens (tertiary/aromatic N) is 1. The molecule has 1 fully saturated rings. The number of carbonyl (C=O) groups excluding carboxylic acids is 1. The standard InChI is InChI=1S/C22H35NO6/c1-16(13-27-5)14-28-15-17-6-8-18(9-7-17)22(26)10-11-23(12-19(22)24)20(25)29-21(2,3)4/h6-9,16,19,24,26H,10-15H2,1-5H3/t16?,19-,22-/m0/s1. The number of ether oxygens (including phenoxy) is 3. The topological polar surface area (TPSA) is 88.5 Å². The number of carbonyl (C=O) groups is 1. The van der Waals surface area contributed by atoms with Crippen LogP contribution < -0.4 is 0 Å². The van der Waals surface area contributed by atoms with E-state index in [0.717, 1.165) is 5.56 Å². The number of amides is 1. The number of aliphatic hydroxyl groups is 2. The third kappa shape index (κ3) is 6.67. The van der Waals surface area contributed by atoms with E-state index in [1.165, 1.54) is 4.90 Å². The van der Waals surface area contributed by atoms with Crippen LogP contribution >= 0.6 is 0 Å². The largest absolute Gasteiger partial charge is 0.444 e. The summed E-state index contributed by atoms with van der Waals surface area (Å²) in [6, 6.07) is 7.40. The number of aliphatic hydroxyl groups excluding tert-OH is 1. The molecule has 1 aromatic rings. The van der Waals surface area contributed by atoms with Crippen molar-refractivity contribution in [2.24, 2.45) is 5.92 Å². The lowest BCUT2D eigenvalue weighted by Gasteiger charge is -2.42. The van der Waals surface area contributed by atoms with Gasteiger partial charge < -0.3 is 29.3 Å². The summed E-state index contributed by atoms with van der Waals surface area (Å²) in [6.45, 7) is 9.53. The Kier molecular flexibility index (Phi) is 8.05. The van der Waals surface area contributed by atoms with Crippen LogP contribution in [0, 0.1) is 5.92 Å². The predicted octanol–water partition coefficient (Wildman–Crippen LogP) is 2.68. The molecule has 7 nitrogen and oxygen atoms in total. The number of rotatable bonds is 7. The van der Waals surface area contributed by atoms with Crippen LogP contribution in [0.2, 0.25) is 0 Å². The SMILES string of the molecule is COCC(C)COCc1ccc([C@@]2(O)CCN(C(=O)OC(C)(C)C)C[C@@H]2O)cc1. The molecule has 1 aliphatic heterocycles. The highest BCUT2D eigenvalue weighted by Crippen LogP contribution is 2.34. The molecule has 1 amide bonds. The molecule has 2 N–H and O–H groups in total. The van der Waals surface area contributed by atoms with Crippen LogP contribution in [0.25, 0.3) is 0 Å². The molecular weight excluding hydrogens is 374 g/mol. The smallest absolute Gasteiger partial charge is 0.410 e. The van der Waals surface area contributed by atoms with E-state index >= 15 is 0 Å². The highest BCUT2D eigenvalue weighted by molar-refractivity contribution is 5.68. The zero-order valence-electron chi connectivity index (χ0n) is 18.2. The molecule has 29 heavy (non-hydrogen) atoms. The van der Waals surface area contributed by atoms with Gasteiger partial charge in [-0.25, -0.2) is 4.79 Å². The number of likely N-dealkylation sites (tertiary alicyclic amines) is 1. The molecule has 7 heteroatoms. The molecule has 1 saturated heterocycles. The van der Waals surface area contributed by atoms with Crippen molar-refractivity contribution in [3.05, 3.63) is 35.4 Å². The second-order valence-electron chi connectivity index (χ2n) is 8.89. The quantitative estimate of drug-likeness (QED) is 0.720. The van der Waals surface area contributed by atoms with Crippen molar-refractivity contribution < 1.29 is 29.2 Å². The van der Waals surface area contributed by atoms with Gasteiger partial charge in [-0.2, -0.15) is 0 Å². The fourth-order valence-corrected chi connectivity index (χ4v) is 3.35. The van der Waals surface area contributed by atoms with Crippen LogP contribution in [0.15, 0.2) is 24.3 Å². The Morgan fingerprint density at radius 3 is 2.48 bits per heavy atom. The third-order valence-corrected chi connectivity index (χ3v) is 4.94. The Balaban J connectivity index is 1.93. The number of methoxy groups -OCH3 is 1. The van der Waals surface area contributed by atoms with E-state index in [4.69, 9.17) is 14.2 Å². The van der Waals surface area contributed by atoms with E-state index < -0.39 is 23.4 Å². The Hall–Kier alpha value is -1.67. The van der Waals surface area contributed by atoms with Crippen LogP contribution in [-0.4, -0.2) is 66.3 Å². The van der Waals surface area contributed by atoms with Gasteiger partial charge in [-0.3, -0.25) is 0 Å². The fourth-order valence-electron chi connectivity index (χ4n) is 3.35. The maximum atomic E-state index is 12.2. The van der Waals surface area contributed by atoms with Crippen molar-refractivity contribution in [1.29, 1.82) is 0 Å². The van der Waals surface area contributed by atoms with Crippen molar-refractivity contribution in [3.63, 3.8) is 0 Å². The van der Waals surface area contributed by atoms with E-state index in [9.17, 15) is 15.0 Å². The lowest BCUT2D eigenvalue weighted by atomic mass is 9.82. The molecule has 1 heterocycles. The maximum Gasteiger partial charge on any atom is 0.410 e. The molecule has 0 aromatic heterocycles. The first-order valence-corrected chi connectivity index (χ1v) is 10.1. The van der Waals surface area contributed by atoms with Gasteiger partial charge in [-0.15, -0.1) is 0 Å². The number of benzene rings is 1. The molecule has 164 valence electrons. The average molecular weight is 410 g/mol. The van der Waals surface area contributed by atoms with Gasteiger partial charge in [0.1, 0.15) is 17.3 Å². The minimum Gasteiger partial charge on any atom is -0.444 e. The van der Waals surface area contributed by atoms with E-state index in [-0.39, 0.29) is 13.0 Å². The normalized spacial score (nSPS) is 23.7. The van der Waals surface area contributed by atoms with Gasteiger partial charge in [-0.1, -0.05) is 31.2 Å². The summed E-state index contributed by atoms with van der Waals surface area (Å²) in [4.78, 5) is 13.7. The summed E-state index contributed by atoms with van der Waals surface area (Å²) in [5.74, 6) is 0.324. The van der Waals surface area contributed by atoms with E-state index in [0.29, 0.717) is 37.8 Å². The monoisotopic (exact) mass is 409 g/mol. The molecule has 0 aliphatic carbocycles. The summed E-state index contributed by atoms with van der Waals surface area (Å²) in [6.07, 6.45) is -1.34. The van der Waals surface area contributed by atoms with E-state index in [1.807, 2.05) is 24.3 Å². The molecule has 0 radical (unpaired) electrons. The lowest BCUT2D eigenvalue weighted by Crippen LogP contribution is -2.55. The Morgan fingerprint density at radius 1 is 1.28 bits per heavy atom. The van der Waals surface area contributed by atoms with Crippen LogP contribution in [-0.2, 0) is 26.4 Å². The van der Waals surface area contributed by atoms with Gasteiger partial charge >= 0.3 is 6.09 Å². The Labute approximate surface area is 173 Å². The molecule has 1 unspecified atom stereocenters. The highest BCUT2D eigenvalue weighted by Gasteiger charge is 2.44. The predicted molar refractivity (Wildman–Crippen MR) is 109 cm³/mol. The molecule has 1 aliphatic rings. The average Bonchev–Trinajstić information content (AvgIpc) is 2.63. The number of hydrogen-bond acceptors (Lipinski definition) is 6. The van der Waals surface area contributed by atoms with Gasteiger partial charge in [0.15, 0.2) is 0 Å². The Bertz CT molecular complexity index is 656. The van der Waals surface area contributed by atoms with Gasteiger partial charge in [-0.05, 0) is 31.9 Å². The number of piperidine rings is 1. The van der Waals surface area contributed by atoms with Gasteiger partial charge in [0.2, 0.25) is 0 Å². The summed E-state index contributed by atoms with van der Waals surface area (Å²) < 4.78 is 16.1. The number of hydrogen-bond donors (Lipinski definition) is 2. The zero-order valence-corrected chi connectivity index (χ0v) is 18.2. The van der Waals surface area contributed by atoms with E-state index in [2.05, 4.69) is 6.92 Å². The van der Waals surface area contributed by atoms with Gasteiger partial charge in [0, 0.05) is 26.0 Å². The summed E-state index contributed by atoms with van der Waals surface area (Å²) >= 11 is 0. The molecule has 1 aromatic carbocycles. The first kappa shape index (κ1) is 23.6. The number of β-amino-alcohol motifs (C(OH)–C–C–N with tert-alkyl or cyclic N) is 1. The Morgan fingerprint density at radius 2 is 1.93 bits per heavy atom. The van der Waals surface area contributed by atoms with Gasteiger partial charge in [0.05, 0.1) is 26.4 Å². The first-order valence-electron chi connectivity index (χ1n) is 10.1. The van der Waals surface area contributed by atoms with Crippen LogP contribution in [0.1, 0.15) is 45.2 Å².